The van der Waals surface area contributed by atoms with Gasteiger partial charge in [0.2, 0.25) is 0 Å². The fourth-order valence-corrected chi connectivity index (χ4v) is 2.92. The molecule has 2 heterocycles. The van der Waals surface area contributed by atoms with Gasteiger partial charge in [-0.2, -0.15) is 0 Å². The highest BCUT2D eigenvalue weighted by molar-refractivity contribution is 14.0. The van der Waals surface area contributed by atoms with Crippen molar-refractivity contribution in [1.29, 1.82) is 0 Å². The second-order valence-electron chi connectivity index (χ2n) is 7.82. The van der Waals surface area contributed by atoms with Crippen molar-refractivity contribution in [2.24, 2.45) is 16.3 Å². The van der Waals surface area contributed by atoms with Crippen LogP contribution in [-0.2, 0) is 13.1 Å². The highest BCUT2D eigenvalue weighted by Gasteiger charge is 2.53. The Hall–Kier alpha value is -0.790. The zero-order valence-corrected chi connectivity index (χ0v) is 17.9. The van der Waals surface area contributed by atoms with Crippen LogP contribution < -0.4 is 5.32 Å². The molecule has 1 aliphatic rings. The Bertz CT molecular complexity index is 545. The van der Waals surface area contributed by atoms with E-state index in [4.69, 9.17) is 0 Å². The third-order valence-corrected chi connectivity index (χ3v) is 5.12. The van der Waals surface area contributed by atoms with E-state index in [1.54, 1.807) is 0 Å². The third kappa shape index (κ3) is 4.00. The number of nitrogens with zero attached hydrogens (tertiary/aromatic N) is 4. The first-order chi connectivity index (χ1) is 10.2. The highest BCUT2D eigenvalue weighted by atomic mass is 127. The summed E-state index contributed by atoms with van der Waals surface area (Å²) in [6.07, 6.45) is 3.93. The molecule has 1 aromatic heterocycles. The van der Waals surface area contributed by atoms with Crippen LogP contribution in [0.2, 0.25) is 0 Å². The molecule has 0 bridgehead atoms. The number of likely N-dealkylation sites (tertiary alicyclic amines) is 1. The first kappa shape index (κ1) is 20.3. The zero-order chi connectivity index (χ0) is 16.5. The van der Waals surface area contributed by atoms with Gasteiger partial charge in [0, 0.05) is 43.5 Å². The predicted octanol–water partition coefficient (Wildman–Crippen LogP) is 3.35. The van der Waals surface area contributed by atoms with Gasteiger partial charge in [0.1, 0.15) is 5.82 Å². The number of rotatable bonds is 4. The number of aromatic nitrogens is 2. The van der Waals surface area contributed by atoms with E-state index in [1.165, 1.54) is 0 Å². The van der Waals surface area contributed by atoms with Crippen molar-refractivity contribution in [1.82, 2.24) is 19.8 Å². The van der Waals surface area contributed by atoms with E-state index in [1.807, 2.05) is 13.2 Å². The fourth-order valence-electron chi connectivity index (χ4n) is 2.92. The molecular weight excluding hydrogens is 401 g/mol. The molecule has 0 radical (unpaired) electrons. The van der Waals surface area contributed by atoms with E-state index in [0.717, 1.165) is 24.9 Å². The topological polar surface area (TPSA) is 45.5 Å². The number of halogens is 1. The average molecular weight is 433 g/mol. The maximum atomic E-state index is 4.47. The summed E-state index contributed by atoms with van der Waals surface area (Å²) >= 11 is 0. The number of guanidine groups is 1. The Morgan fingerprint density at radius 1 is 1.35 bits per heavy atom. The van der Waals surface area contributed by atoms with Crippen LogP contribution in [0.5, 0.6) is 0 Å². The van der Waals surface area contributed by atoms with E-state index in [0.29, 0.717) is 17.9 Å². The monoisotopic (exact) mass is 433 g/mol. The van der Waals surface area contributed by atoms with Gasteiger partial charge in [0.15, 0.2) is 5.96 Å². The van der Waals surface area contributed by atoms with E-state index in [9.17, 15) is 0 Å². The van der Waals surface area contributed by atoms with Crippen LogP contribution >= 0.6 is 24.0 Å². The van der Waals surface area contributed by atoms with Crippen LogP contribution in [0.15, 0.2) is 17.4 Å². The summed E-state index contributed by atoms with van der Waals surface area (Å²) in [5, 5.41) is 3.47. The quantitative estimate of drug-likeness (QED) is 0.450. The van der Waals surface area contributed by atoms with E-state index >= 15 is 0 Å². The molecule has 1 aromatic rings. The van der Waals surface area contributed by atoms with Crippen LogP contribution in [0.1, 0.15) is 47.4 Å². The average Bonchev–Trinajstić information content (AvgIpc) is 2.84. The van der Waals surface area contributed by atoms with Gasteiger partial charge in [-0.3, -0.25) is 4.99 Å². The lowest BCUT2D eigenvalue weighted by Crippen LogP contribution is -2.72. The molecule has 0 saturated carbocycles. The van der Waals surface area contributed by atoms with E-state index in [-0.39, 0.29) is 29.5 Å². The van der Waals surface area contributed by atoms with Gasteiger partial charge in [-0.05, 0) is 19.8 Å². The molecule has 23 heavy (non-hydrogen) atoms. The van der Waals surface area contributed by atoms with Crippen LogP contribution in [0.25, 0.3) is 0 Å². The summed E-state index contributed by atoms with van der Waals surface area (Å²) in [6.45, 7) is 16.4. The zero-order valence-electron chi connectivity index (χ0n) is 15.6. The molecule has 1 N–H and O–H groups in total. The lowest BCUT2D eigenvalue weighted by Gasteiger charge is -2.62. The van der Waals surface area contributed by atoms with Crippen molar-refractivity contribution in [2.75, 3.05) is 13.6 Å². The predicted molar refractivity (Wildman–Crippen MR) is 107 cm³/mol. The number of hydrogen-bond acceptors (Lipinski definition) is 2. The van der Waals surface area contributed by atoms with E-state index in [2.05, 4.69) is 72.5 Å². The van der Waals surface area contributed by atoms with Crippen LogP contribution in [0.4, 0.5) is 0 Å². The largest absolute Gasteiger partial charge is 0.349 e. The summed E-state index contributed by atoms with van der Waals surface area (Å²) in [4.78, 5) is 11.3. The van der Waals surface area contributed by atoms with Gasteiger partial charge in [-0.1, -0.05) is 27.7 Å². The minimum Gasteiger partial charge on any atom is -0.349 e. The molecular formula is C17H32IN5. The maximum Gasteiger partial charge on any atom is 0.194 e. The summed E-state index contributed by atoms with van der Waals surface area (Å²) in [7, 11) is 1.85. The van der Waals surface area contributed by atoms with Gasteiger partial charge in [-0.15, -0.1) is 24.0 Å². The van der Waals surface area contributed by atoms with Crippen molar-refractivity contribution in [3.8, 4) is 0 Å². The van der Waals surface area contributed by atoms with Gasteiger partial charge in [0.25, 0.3) is 0 Å². The molecule has 0 unspecified atom stereocenters. The summed E-state index contributed by atoms with van der Waals surface area (Å²) in [5.41, 5.74) is 0.420. The molecule has 5 nitrogen and oxygen atoms in total. The molecule has 0 spiro atoms. The molecule has 0 aliphatic carbocycles. The number of aliphatic imine (C=N–C) groups is 1. The lowest BCUT2D eigenvalue weighted by atomic mass is 9.65. The molecule has 132 valence electrons. The molecule has 0 atom stereocenters. The number of imidazole rings is 1. The van der Waals surface area contributed by atoms with Gasteiger partial charge >= 0.3 is 0 Å². The Kier molecular flexibility index (Phi) is 6.52. The van der Waals surface area contributed by atoms with Crippen molar-refractivity contribution in [3.05, 3.63) is 18.2 Å². The number of hydrogen-bond donors (Lipinski definition) is 1. The second kappa shape index (κ2) is 7.40. The maximum absolute atomic E-state index is 4.47. The number of nitrogens with one attached hydrogen (secondary N) is 1. The second-order valence-corrected chi connectivity index (χ2v) is 7.82. The summed E-state index contributed by atoms with van der Waals surface area (Å²) < 4.78 is 2.22. The van der Waals surface area contributed by atoms with Gasteiger partial charge in [-0.25, -0.2) is 4.98 Å². The molecule has 1 fully saturated rings. The SMILES string of the molecule is CN=C(NCc1nccn1CC(C)C)N1CC(C)(C)C1(C)C.I. The van der Waals surface area contributed by atoms with Crippen molar-refractivity contribution in [2.45, 2.75) is 60.2 Å². The summed E-state index contributed by atoms with van der Waals surface area (Å²) in [5.74, 6) is 2.64. The van der Waals surface area contributed by atoms with Crippen molar-refractivity contribution >= 4 is 29.9 Å². The smallest absolute Gasteiger partial charge is 0.194 e. The lowest BCUT2D eigenvalue weighted by molar-refractivity contribution is -0.0668. The molecule has 2 rings (SSSR count). The Morgan fingerprint density at radius 2 is 2.00 bits per heavy atom. The molecule has 6 heteroatoms. The van der Waals surface area contributed by atoms with Crippen LogP contribution in [0, 0.1) is 11.3 Å². The van der Waals surface area contributed by atoms with Crippen LogP contribution in [0.3, 0.4) is 0 Å². The first-order valence-electron chi connectivity index (χ1n) is 8.17. The van der Waals surface area contributed by atoms with Crippen molar-refractivity contribution < 1.29 is 0 Å². The standard InChI is InChI=1S/C17H31N5.HI/c1-13(2)11-21-9-8-19-14(21)10-20-15(18-7)22-12-16(3,4)17(22,5)6;/h8-9,13H,10-12H2,1-7H3,(H,18,20);1H. The Labute approximate surface area is 158 Å². The minimum absolute atomic E-state index is 0. The molecule has 1 saturated heterocycles. The first-order valence-corrected chi connectivity index (χ1v) is 8.17. The summed E-state index contributed by atoms with van der Waals surface area (Å²) in [6, 6.07) is 0. The van der Waals surface area contributed by atoms with Crippen molar-refractivity contribution in [3.63, 3.8) is 0 Å². The van der Waals surface area contributed by atoms with Gasteiger partial charge < -0.3 is 14.8 Å². The van der Waals surface area contributed by atoms with Crippen LogP contribution in [-0.4, -0.2) is 39.5 Å². The highest BCUT2D eigenvalue weighted by Crippen LogP contribution is 2.46. The molecule has 0 amide bonds. The molecule has 1 aliphatic heterocycles. The Morgan fingerprint density at radius 3 is 2.48 bits per heavy atom. The fraction of sp³-hybridized carbons (Fsp3) is 0.765. The van der Waals surface area contributed by atoms with Gasteiger partial charge in [0.05, 0.1) is 6.54 Å². The Balaban J connectivity index is 0.00000264. The molecule has 0 aromatic carbocycles. The minimum atomic E-state index is 0. The van der Waals surface area contributed by atoms with E-state index < -0.39 is 0 Å². The normalized spacial score (nSPS) is 19.3. The third-order valence-electron chi connectivity index (χ3n) is 5.12.